The molecule has 3 fully saturated rings. The van der Waals surface area contributed by atoms with Crippen LogP contribution in [0.15, 0.2) is 0 Å². The molecule has 2 saturated carbocycles. The molecule has 3 nitrogen and oxygen atoms in total. The van der Waals surface area contributed by atoms with E-state index in [4.69, 9.17) is 17.3 Å². The van der Waals surface area contributed by atoms with Crippen molar-refractivity contribution in [3.63, 3.8) is 0 Å². The summed E-state index contributed by atoms with van der Waals surface area (Å²) in [6.07, 6.45) is -4.14. The van der Waals surface area contributed by atoms with E-state index in [1.54, 1.807) is 0 Å². The van der Waals surface area contributed by atoms with Gasteiger partial charge >= 0.3 is 0 Å². The van der Waals surface area contributed by atoms with Crippen LogP contribution in [0.5, 0.6) is 0 Å². The molecule has 0 spiro atoms. The zero-order valence-corrected chi connectivity index (χ0v) is 17.2. The number of alkyl halides is 3. The number of hydrogen-bond donors (Lipinski definition) is 1. The fourth-order valence-corrected chi connectivity index (χ4v) is 4.44. The summed E-state index contributed by atoms with van der Waals surface area (Å²) in [4.78, 5) is 0. The Labute approximate surface area is 174 Å². The van der Waals surface area contributed by atoms with Gasteiger partial charge in [-0.2, -0.15) is 0 Å². The molecule has 2 aliphatic carbocycles. The fraction of sp³-hybridized carbons (Fsp3) is 1.00. The van der Waals surface area contributed by atoms with Gasteiger partial charge in [0.15, 0.2) is 18.6 Å². The minimum atomic E-state index is -2.20. The second-order valence-electron chi connectivity index (χ2n) is 7.61. The summed E-state index contributed by atoms with van der Waals surface area (Å²) in [6, 6.07) is 0. The number of aliphatic hydroxyl groups is 1. The average molecular weight is 435 g/mol. The molecule has 25 heavy (non-hydrogen) atoms. The summed E-state index contributed by atoms with van der Waals surface area (Å²) in [5.74, 6) is 0.0296. The van der Waals surface area contributed by atoms with E-state index in [2.05, 4.69) is 0 Å². The molecule has 1 aliphatic heterocycles. The van der Waals surface area contributed by atoms with E-state index < -0.39 is 30.5 Å². The molecule has 3 radical (unpaired) electrons. The van der Waals surface area contributed by atoms with E-state index in [-0.39, 0.29) is 63.2 Å². The zero-order chi connectivity index (χ0) is 17.3. The van der Waals surface area contributed by atoms with Crippen LogP contribution in [0.3, 0.4) is 0 Å². The van der Waals surface area contributed by atoms with Crippen LogP contribution in [-0.2, 0) is 42.2 Å². The Kier molecular flexibility index (Phi) is 8.73. The first-order valence-electron chi connectivity index (χ1n) is 9.04. The Hall–Kier alpha value is 0.839. The summed E-state index contributed by atoms with van der Waals surface area (Å²) in [7, 11) is 5.60. The van der Waals surface area contributed by atoms with Crippen LogP contribution in [0, 0.1) is 23.7 Å². The van der Waals surface area contributed by atoms with Gasteiger partial charge in [-0.05, 0) is 49.9 Å². The summed E-state index contributed by atoms with van der Waals surface area (Å²) < 4.78 is 52.3. The van der Waals surface area contributed by atoms with Crippen molar-refractivity contribution < 1.29 is 60.5 Å². The average Bonchev–Trinajstić information content (AvgIpc) is 2.63. The normalized spacial score (nSPS) is 48.6. The zero-order valence-electron chi connectivity index (χ0n) is 14.4. The van der Waals surface area contributed by atoms with Gasteiger partial charge in [-0.3, -0.25) is 0 Å². The van der Waals surface area contributed by atoms with Crippen molar-refractivity contribution in [1.82, 2.24) is 0 Å². The molecular formula is C17H26BF3O3Y. The standard InChI is InChI=1S/C17H26BF3O3.Y/c18-6-9-7-23-17(24-8-9)11-3-1-10(2-4-11)12-5-13(19)14(20)15(21)16(12)22;/h9-17,22H,1-8H2;. The molecule has 1 saturated heterocycles. The third kappa shape index (κ3) is 5.01. The van der Waals surface area contributed by atoms with Crippen molar-refractivity contribution in [2.75, 3.05) is 13.2 Å². The van der Waals surface area contributed by atoms with E-state index in [1.165, 1.54) is 0 Å². The smallest absolute Gasteiger partial charge is 0.165 e. The third-order valence-corrected chi connectivity index (χ3v) is 6.04. The Bertz CT molecular complexity index is 407. The molecule has 1 N–H and O–H groups in total. The van der Waals surface area contributed by atoms with E-state index in [0.29, 0.717) is 19.5 Å². The van der Waals surface area contributed by atoms with E-state index >= 15 is 0 Å². The van der Waals surface area contributed by atoms with Gasteiger partial charge in [-0.15, -0.1) is 0 Å². The predicted molar refractivity (Wildman–Crippen MR) is 84.0 cm³/mol. The maximum atomic E-state index is 13.7. The Balaban J connectivity index is 0.00000225. The Morgan fingerprint density at radius 2 is 1.48 bits per heavy atom. The van der Waals surface area contributed by atoms with Crippen LogP contribution in [0.25, 0.3) is 0 Å². The molecule has 0 amide bonds. The third-order valence-electron chi connectivity index (χ3n) is 6.04. The Morgan fingerprint density at radius 1 is 0.920 bits per heavy atom. The topological polar surface area (TPSA) is 38.7 Å². The SMILES string of the molecule is [B]CC1COC(C2CCC(C3CC(F)C(F)C(F)C3O)CC2)OC1.[Y]. The number of ether oxygens (including phenoxy) is 2. The molecule has 8 heteroatoms. The summed E-state index contributed by atoms with van der Waals surface area (Å²) >= 11 is 0. The van der Waals surface area contributed by atoms with Crippen LogP contribution >= 0.6 is 0 Å². The van der Waals surface area contributed by atoms with Crippen molar-refractivity contribution in [2.24, 2.45) is 23.7 Å². The van der Waals surface area contributed by atoms with Gasteiger partial charge in [0, 0.05) is 38.6 Å². The van der Waals surface area contributed by atoms with Gasteiger partial charge in [0.1, 0.15) is 6.17 Å². The minimum Gasteiger partial charge on any atom is -0.390 e. The van der Waals surface area contributed by atoms with Crippen molar-refractivity contribution in [3.05, 3.63) is 0 Å². The molecule has 1 heterocycles. The van der Waals surface area contributed by atoms with Crippen LogP contribution in [-0.4, -0.2) is 57.1 Å². The second kappa shape index (κ2) is 9.86. The van der Waals surface area contributed by atoms with Gasteiger partial charge in [0.05, 0.1) is 27.2 Å². The molecular weight excluding hydrogens is 409 g/mol. The summed E-state index contributed by atoms with van der Waals surface area (Å²) in [5.41, 5.74) is 0. The Morgan fingerprint density at radius 3 is 2.04 bits per heavy atom. The van der Waals surface area contributed by atoms with Crippen molar-refractivity contribution in [2.45, 2.75) is 69.3 Å². The molecule has 3 aliphatic rings. The number of hydrogen-bond acceptors (Lipinski definition) is 3. The van der Waals surface area contributed by atoms with Crippen molar-refractivity contribution in [1.29, 1.82) is 0 Å². The molecule has 0 aromatic carbocycles. The van der Waals surface area contributed by atoms with Gasteiger partial charge in [-0.25, -0.2) is 13.2 Å². The predicted octanol–water partition coefficient (Wildman–Crippen LogP) is 2.76. The van der Waals surface area contributed by atoms with Crippen LogP contribution in [0.1, 0.15) is 32.1 Å². The summed E-state index contributed by atoms with van der Waals surface area (Å²) in [6.45, 7) is 1.21. The molecule has 5 atom stereocenters. The quantitative estimate of drug-likeness (QED) is 0.694. The molecule has 0 aromatic rings. The van der Waals surface area contributed by atoms with E-state index in [1.807, 2.05) is 0 Å². The van der Waals surface area contributed by atoms with Gasteiger partial charge in [0.2, 0.25) is 0 Å². The number of aliphatic hydroxyl groups excluding tert-OH is 1. The van der Waals surface area contributed by atoms with Crippen molar-refractivity contribution in [3.8, 4) is 0 Å². The van der Waals surface area contributed by atoms with Gasteiger partial charge in [-0.1, -0.05) is 6.32 Å². The monoisotopic (exact) mass is 435 g/mol. The first-order valence-corrected chi connectivity index (χ1v) is 9.04. The molecule has 3 rings (SSSR count). The summed E-state index contributed by atoms with van der Waals surface area (Å²) in [5, 5.41) is 10.0. The number of rotatable bonds is 3. The fourth-order valence-electron chi connectivity index (χ4n) is 4.44. The minimum absolute atomic E-state index is 0. The van der Waals surface area contributed by atoms with Gasteiger partial charge in [0.25, 0.3) is 0 Å². The van der Waals surface area contributed by atoms with Crippen LogP contribution in [0.2, 0.25) is 6.32 Å². The molecule has 0 aromatic heterocycles. The largest absolute Gasteiger partial charge is 0.390 e. The molecule has 0 bridgehead atoms. The first-order chi connectivity index (χ1) is 11.5. The van der Waals surface area contributed by atoms with Crippen molar-refractivity contribution >= 4 is 7.85 Å². The van der Waals surface area contributed by atoms with Gasteiger partial charge < -0.3 is 14.6 Å². The molecule has 139 valence electrons. The molecule has 5 unspecified atom stereocenters. The van der Waals surface area contributed by atoms with Crippen LogP contribution in [0.4, 0.5) is 13.2 Å². The maximum absolute atomic E-state index is 13.7. The van der Waals surface area contributed by atoms with E-state index in [9.17, 15) is 18.3 Å². The van der Waals surface area contributed by atoms with Crippen LogP contribution < -0.4 is 0 Å². The second-order valence-corrected chi connectivity index (χ2v) is 7.61. The first kappa shape index (κ1) is 22.1. The maximum Gasteiger partial charge on any atom is 0.165 e. The van der Waals surface area contributed by atoms with E-state index in [0.717, 1.165) is 25.7 Å². The number of halogens is 3.